The van der Waals surface area contributed by atoms with Crippen LogP contribution in [0.4, 0.5) is 0 Å². The summed E-state index contributed by atoms with van der Waals surface area (Å²) in [5, 5.41) is 0. The van der Waals surface area contributed by atoms with Crippen LogP contribution in [0, 0.1) is 0 Å². The molecule has 0 aromatic heterocycles. The monoisotopic (exact) mass is 136 g/mol. The molecule has 0 spiro atoms. The van der Waals surface area contributed by atoms with Crippen LogP contribution in [0.25, 0.3) is 0 Å². The second-order valence-electron chi connectivity index (χ2n) is 2.16. The van der Waals surface area contributed by atoms with Crippen LogP contribution >= 0.6 is 0 Å². The lowest BCUT2D eigenvalue weighted by atomic mass is 10.3. The van der Waals surface area contributed by atoms with Crippen LogP contribution in [-0.2, 0) is 0 Å². The summed E-state index contributed by atoms with van der Waals surface area (Å²) in [5.41, 5.74) is 0. The van der Waals surface area contributed by atoms with Gasteiger partial charge in [0.2, 0.25) is 0 Å². The van der Waals surface area contributed by atoms with E-state index in [0.717, 1.165) is 6.42 Å². The number of rotatable bonds is 5. The van der Waals surface area contributed by atoms with E-state index < -0.39 is 0 Å². The SMILES string of the molecule is C=C/C=C\C/C=C\CCC. The zero-order valence-corrected chi connectivity index (χ0v) is 6.72. The highest BCUT2D eigenvalue weighted by Gasteiger charge is 1.71. The molecule has 0 radical (unpaired) electrons. The van der Waals surface area contributed by atoms with Gasteiger partial charge in [-0.2, -0.15) is 0 Å². The van der Waals surface area contributed by atoms with Gasteiger partial charge in [0.05, 0.1) is 0 Å². The lowest BCUT2D eigenvalue weighted by Gasteiger charge is -1.82. The highest BCUT2D eigenvalue weighted by Crippen LogP contribution is 1.91. The van der Waals surface area contributed by atoms with Crippen LogP contribution in [0.3, 0.4) is 0 Å². The first-order valence-corrected chi connectivity index (χ1v) is 3.84. The quantitative estimate of drug-likeness (QED) is 0.401. The van der Waals surface area contributed by atoms with Crippen molar-refractivity contribution < 1.29 is 0 Å². The maximum atomic E-state index is 3.58. The molecule has 0 fully saturated rings. The van der Waals surface area contributed by atoms with Crippen molar-refractivity contribution in [1.29, 1.82) is 0 Å². The third-order valence-corrected chi connectivity index (χ3v) is 1.17. The van der Waals surface area contributed by atoms with Gasteiger partial charge in [0.25, 0.3) is 0 Å². The summed E-state index contributed by atoms with van der Waals surface area (Å²) < 4.78 is 0. The number of hydrogen-bond donors (Lipinski definition) is 0. The van der Waals surface area contributed by atoms with Gasteiger partial charge in [-0.15, -0.1) is 0 Å². The molecule has 0 bridgehead atoms. The summed E-state index contributed by atoms with van der Waals surface area (Å²) in [4.78, 5) is 0. The summed E-state index contributed by atoms with van der Waals surface area (Å²) in [6, 6.07) is 0. The van der Waals surface area contributed by atoms with E-state index in [1.807, 2.05) is 6.08 Å². The first-order valence-electron chi connectivity index (χ1n) is 3.84. The predicted octanol–water partition coefficient (Wildman–Crippen LogP) is 3.48. The van der Waals surface area contributed by atoms with Crippen LogP contribution in [0.15, 0.2) is 37.0 Å². The third kappa shape index (κ3) is 7.22. The zero-order chi connectivity index (χ0) is 7.66. The normalized spacial score (nSPS) is 11.3. The molecule has 0 saturated carbocycles. The maximum Gasteiger partial charge on any atom is -0.0166 e. The summed E-state index contributed by atoms with van der Waals surface area (Å²) in [6.45, 7) is 5.77. The van der Waals surface area contributed by atoms with E-state index in [2.05, 4.69) is 31.7 Å². The Morgan fingerprint density at radius 1 is 1.20 bits per heavy atom. The van der Waals surface area contributed by atoms with Gasteiger partial charge < -0.3 is 0 Å². The van der Waals surface area contributed by atoms with Crippen molar-refractivity contribution in [3.05, 3.63) is 37.0 Å². The van der Waals surface area contributed by atoms with Gasteiger partial charge in [0.15, 0.2) is 0 Å². The summed E-state index contributed by atoms with van der Waals surface area (Å²) in [7, 11) is 0. The molecule has 0 N–H and O–H groups in total. The molecule has 0 aliphatic carbocycles. The molecule has 56 valence electrons. The Morgan fingerprint density at radius 3 is 2.60 bits per heavy atom. The van der Waals surface area contributed by atoms with Crippen LogP contribution in [0.5, 0.6) is 0 Å². The molecule has 0 heterocycles. The van der Waals surface area contributed by atoms with Crippen LogP contribution in [-0.4, -0.2) is 0 Å². The average Bonchev–Trinajstić information content (AvgIpc) is 1.97. The van der Waals surface area contributed by atoms with Crippen molar-refractivity contribution in [1.82, 2.24) is 0 Å². The molecule has 10 heavy (non-hydrogen) atoms. The van der Waals surface area contributed by atoms with Crippen molar-refractivity contribution in [3.8, 4) is 0 Å². The Labute approximate surface area is 64.0 Å². The van der Waals surface area contributed by atoms with Crippen molar-refractivity contribution in [2.24, 2.45) is 0 Å². The molecule has 0 heteroatoms. The summed E-state index contributed by atoms with van der Waals surface area (Å²) >= 11 is 0. The fourth-order valence-electron chi connectivity index (χ4n) is 0.634. The van der Waals surface area contributed by atoms with Crippen LogP contribution < -0.4 is 0 Å². The fraction of sp³-hybridized carbons (Fsp3) is 0.400. The minimum absolute atomic E-state index is 1.03. The van der Waals surface area contributed by atoms with Crippen LogP contribution in [0.1, 0.15) is 26.2 Å². The van der Waals surface area contributed by atoms with E-state index >= 15 is 0 Å². The van der Waals surface area contributed by atoms with E-state index in [1.165, 1.54) is 12.8 Å². The summed E-state index contributed by atoms with van der Waals surface area (Å²) in [5.74, 6) is 0. The average molecular weight is 136 g/mol. The molecule has 0 aliphatic heterocycles. The minimum atomic E-state index is 1.03. The molecule has 0 aromatic carbocycles. The number of unbranched alkanes of at least 4 members (excludes halogenated alkanes) is 1. The minimum Gasteiger partial charge on any atom is -0.0991 e. The van der Waals surface area contributed by atoms with Gasteiger partial charge in [0.1, 0.15) is 0 Å². The molecule has 0 unspecified atom stereocenters. The van der Waals surface area contributed by atoms with Gasteiger partial charge in [-0.3, -0.25) is 0 Å². The number of allylic oxidation sites excluding steroid dienone is 5. The highest BCUT2D eigenvalue weighted by atomic mass is 13.8. The molecular formula is C10H16. The molecule has 0 rings (SSSR count). The van der Waals surface area contributed by atoms with Gasteiger partial charge in [-0.25, -0.2) is 0 Å². The first-order chi connectivity index (χ1) is 4.91. The van der Waals surface area contributed by atoms with Gasteiger partial charge >= 0.3 is 0 Å². The van der Waals surface area contributed by atoms with Crippen molar-refractivity contribution in [2.75, 3.05) is 0 Å². The van der Waals surface area contributed by atoms with E-state index in [4.69, 9.17) is 0 Å². The van der Waals surface area contributed by atoms with Crippen molar-refractivity contribution in [2.45, 2.75) is 26.2 Å². The second-order valence-corrected chi connectivity index (χ2v) is 2.16. The lowest BCUT2D eigenvalue weighted by molar-refractivity contribution is 0.954. The lowest BCUT2D eigenvalue weighted by Crippen LogP contribution is -1.61. The largest absolute Gasteiger partial charge is 0.0991 e. The maximum absolute atomic E-state index is 3.58. The summed E-state index contributed by atoms with van der Waals surface area (Å²) in [6.07, 6.45) is 13.7. The molecular weight excluding hydrogens is 120 g/mol. The van der Waals surface area contributed by atoms with Gasteiger partial charge in [-0.05, 0) is 12.8 Å². The predicted molar refractivity (Wildman–Crippen MR) is 48.0 cm³/mol. The smallest absolute Gasteiger partial charge is 0.0166 e. The van der Waals surface area contributed by atoms with Crippen LogP contribution in [0.2, 0.25) is 0 Å². The molecule has 0 aliphatic rings. The zero-order valence-electron chi connectivity index (χ0n) is 6.72. The van der Waals surface area contributed by atoms with E-state index in [0.29, 0.717) is 0 Å². The molecule has 0 aromatic rings. The van der Waals surface area contributed by atoms with Gasteiger partial charge in [0, 0.05) is 0 Å². The topological polar surface area (TPSA) is 0 Å². The molecule has 0 saturated heterocycles. The Kier molecular flexibility index (Phi) is 7.58. The Balaban J connectivity index is 3.17. The molecule has 0 nitrogen and oxygen atoms in total. The van der Waals surface area contributed by atoms with E-state index in [9.17, 15) is 0 Å². The Hall–Kier alpha value is -0.780. The standard InChI is InChI=1S/C10H16/c1-3-5-7-9-10-8-6-4-2/h3,5,7-8,10H,1,4,6,9H2,2H3/b7-5-,10-8-. The highest BCUT2D eigenvalue weighted by molar-refractivity contribution is 5.00. The second kappa shape index (κ2) is 8.22. The number of hydrogen-bond acceptors (Lipinski definition) is 0. The van der Waals surface area contributed by atoms with Gasteiger partial charge in [-0.1, -0.05) is 50.3 Å². The molecule has 0 amide bonds. The first kappa shape index (κ1) is 9.22. The van der Waals surface area contributed by atoms with Crippen molar-refractivity contribution in [3.63, 3.8) is 0 Å². The van der Waals surface area contributed by atoms with Crippen molar-refractivity contribution >= 4 is 0 Å². The molecule has 0 atom stereocenters. The third-order valence-electron chi connectivity index (χ3n) is 1.17. The fourth-order valence-corrected chi connectivity index (χ4v) is 0.634. The van der Waals surface area contributed by atoms with E-state index in [1.54, 1.807) is 6.08 Å². The Bertz CT molecular complexity index is 118. The van der Waals surface area contributed by atoms with E-state index in [-0.39, 0.29) is 0 Å². The Morgan fingerprint density at radius 2 is 2.00 bits per heavy atom.